The molecular formula is C18H20ClNO. The molecule has 0 bridgehead atoms. The molecule has 0 amide bonds. The van der Waals surface area contributed by atoms with Crippen molar-refractivity contribution in [3.05, 3.63) is 64.2 Å². The van der Waals surface area contributed by atoms with Crippen LogP contribution in [0.15, 0.2) is 42.5 Å². The number of nitrogens with one attached hydrogen (secondary N) is 1. The maximum Gasteiger partial charge on any atom is 0.137 e. The van der Waals surface area contributed by atoms with Gasteiger partial charge in [-0.1, -0.05) is 41.9 Å². The van der Waals surface area contributed by atoms with Gasteiger partial charge in [0.2, 0.25) is 0 Å². The van der Waals surface area contributed by atoms with E-state index in [1.165, 1.54) is 16.7 Å². The largest absolute Gasteiger partial charge is 0.495 e. The lowest BCUT2D eigenvalue weighted by Gasteiger charge is -2.24. The second-order valence-corrected chi connectivity index (χ2v) is 6.00. The van der Waals surface area contributed by atoms with Gasteiger partial charge in [-0.25, -0.2) is 0 Å². The maximum absolute atomic E-state index is 6.13. The van der Waals surface area contributed by atoms with E-state index in [1.807, 2.05) is 19.2 Å². The van der Waals surface area contributed by atoms with E-state index in [0.29, 0.717) is 17.0 Å². The fourth-order valence-corrected chi connectivity index (χ4v) is 3.57. The van der Waals surface area contributed by atoms with Crippen molar-refractivity contribution in [3.63, 3.8) is 0 Å². The summed E-state index contributed by atoms with van der Waals surface area (Å²) in [5.41, 5.74) is 4.18. The van der Waals surface area contributed by atoms with E-state index in [2.05, 4.69) is 35.6 Å². The van der Waals surface area contributed by atoms with Crippen LogP contribution in [0.4, 0.5) is 0 Å². The average molecular weight is 302 g/mol. The molecule has 1 aliphatic carbocycles. The average Bonchev–Trinajstić information content (AvgIpc) is 2.93. The summed E-state index contributed by atoms with van der Waals surface area (Å²) in [4.78, 5) is 0. The van der Waals surface area contributed by atoms with E-state index in [-0.39, 0.29) is 0 Å². The first-order valence-corrected chi connectivity index (χ1v) is 7.68. The number of ether oxygens (including phenoxy) is 1. The number of methoxy groups -OCH3 is 1. The molecular weight excluding hydrogens is 282 g/mol. The van der Waals surface area contributed by atoms with E-state index in [1.54, 1.807) is 7.11 Å². The van der Waals surface area contributed by atoms with Gasteiger partial charge >= 0.3 is 0 Å². The molecule has 0 aliphatic heterocycles. The van der Waals surface area contributed by atoms with Gasteiger partial charge in [0.05, 0.1) is 12.1 Å². The molecule has 2 aromatic rings. The molecule has 0 heterocycles. The summed E-state index contributed by atoms with van der Waals surface area (Å²) in [5.74, 6) is 1.31. The van der Waals surface area contributed by atoms with Gasteiger partial charge in [-0.05, 0) is 54.6 Å². The summed E-state index contributed by atoms with van der Waals surface area (Å²) < 4.78 is 5.35. The molecule has 1 N–H and O–H groups in total. The molecule has 3 heteroatoms. The molecule has 0 fully saturated rings. The Morgan fingerprint density at radius 1 is 1.14 bits per heavy atom. The Labute approximate surface area is 131 Å². The molecule has 2 nitrogen and oxygen atoms in total. The van der Waals surface area contributed by atoms with Crippen LogP contribution in [0.1, 0.15) is 22.7 Å². The molecule has 0 spiro atoms. The second kappa shape index (κ2) is 6.08. The fraction of sp³-hybridized carbons (Fsp3) is 0.333. The normalized spacial score (nSPS) is 15.8. The lowest BCUT2D eigenvalue weighted by molar-refractivity contribution is 0.389. The van der Waals surface area contributed by atoms with Gasteiger partial charge in [-0.3, -0.25) is 0 Å². The summed E-state index contributed by atoms with van der Waals surface area (Å²) in [6.07, 6.45) is 2.24. The topological polar surface area (TPSA) is 21.3 Å². The zero-order chi connectivity index (χ0) is 14.8. The summed E-state index contributed by atoms with van der Waals surface area (Å²) >= 11 is 6.13. The van der Waals surface area contributed by atoms with Gasteiger partial charge in [0.1, 0.15) is 5.75 Å². The number of fused-ring (bicyclic) bond motifs is 1. The van der Waals surface area contributed by atoms with Gasteiger partial charge in [-0.2, -0.15) is 0 Å². The van der Waals surface area contributed by atoms with Crippen LogP contribution >= 0.6 is 11.6 Å². The first-order chi connectivity index (χ1) is 10.2. The van der Waals surface area contributed by atoms with Crippen molar-refractivity contribution in [2.45, 2.75) is 18.9 Å². The zero-order valence-corrected chi connectivity index (χ0v) is 13.2. The highest BCUT2D eigenvalue weighted by atomic mass is 35.5. The lowest BCUT2D eigenvalue weighted by Crippen LogP contribution is -2.25. The fourth-order valence-electron chi connectivity index (χ4n) is 3.37. The van der Waals surface area contributed by atoms with Crippen molar-refractivity contribution < 1.29 is 4.74 Å². The molecule has 21 heavy (non-hydrogen) atoms. The standard InChI is InChI=1S/C18H20ClNO/c1-20-18(14-7-8-16(19)17(11-14)21-2)15-9-12-5-3-4-6-13(12)10-15/h3-8,11,15,18,20H,9-10H2,1-2H3. The number of hydrogen-bond donors (Lipinski definition) is 1. The molecule has 2 aromatic carbocycles. The van der Waals surface area contributed by atoms with Crippen LogP contribution in [0.3, 0.4) is 0 Å². The Bertz CT molecular complexity index is 616. The third-order valence-electron chi connectivity index (χ3n) is 4.40. The van der Waals surface area contributed by atoms with Crippen LogP contribution in [0.25, 0.3) is 0 Å². The maximum atomic E-state index is 6.13. The Kier molecular flexibility index (Phi) is 4.18. The Hall–Kier alpha value is -1.51. The first-order valence-electron chi connectivity index (χ1n) is 7.30. The molecule has 0 aromatic heterocycles. The molecule has 1 aliphatic rings. The van der Waals surface area contributed by atoms with Crippen molar-refractivity contribution in [3.8, 4) is 5.75 Å². The summed E-state index contributed by atoms with van der Waals surface area (Å²) in [5, 5.41) is 4.13. The van der Waals surface area contributed by atoms with Gasteiger partial charge in [0.15, 0.2) is 0 Å². The summed E-state index contributed by atoms with van der Waals surface area (Å²) in [6, 6.07) is 15.1. The highest BCUT2D eigenvalue weighted by Crippen LogP contribution is 2.37. The van der Waals surface area contributed by atoms with E-state index in [0.717, 1.165) is 18.6 Å². The smallest absolute Gasteiger partial charge is 0.137 e. The Morgan fingerprint density at radius 2 is 1.81 bits per heavy atom. The minimum Gasteiger partial charge on any atom is -0.495 e. The second-order valence-electron chi connectivity index (χ2n) is 5.60. The van der Waals surface area contributed by atoms with E-state index >= 15 is 0 Å². The summed E-state index contributed by atoms with van der Waals surface area (Å²) in [7, 11) is 3.68. The quantitative estimate of drug-likeness (QED) is 0.921. The van der Waals surface area contributed by atoms with Crippen LogP contribution in [-0.4, -0.2) is 14.2 Å². The van der Waals surface area contributed by atoms with E-state index in [4.69, 9.17) is 16.3 Å². The molecule has 1 unspecified atom stereocenters. The molecule has 0 saturated carbocycles. The van der Waals surface area contributed by atoms with Gasteiger partial charge in [-0.15, -0.1) is 0 Å². The number of rotatable bonds is 4. The van der Waals surface area contributed by atoms with Crippen molar-refractivity contribution in [1.29, 1.82) is 0 Å². The van der Waals surface area contributed by atoms with Crippen LogP contribution < -0.4 is 10.1 Å². The van der Waals surface area contributed by atoms with Crippen molar-refractivity contribution in [2.24, 2.45) is 5.92 Å². The van der Waals surface area contributed by atoms with Gasteiger partial charge in [0, 0.05) is 6.04 Å². The third-order valence-corrected chi connectivity index (χ3v) is 4.71. The van der Waals surface area contributed by atoms with Crippen molar-refractivity contribution >= 4 is 11.6 Å². The van der Waals surface area contributed by atoms with Crippen LogP contribution in [0.5, 0.6) is 5.75 Å². The molecule has 0 saturated heterocycles. The minimum absolute atomic E-state index is 0.309. The highest BCUT2D eigenvalue weighted by Gasteiger charge is 2.28. The van der Waals surface area contributed by atoms with E-state index < -0.39 is 0 Å². The zero-order valence-electron chi connectivity index (χ0n) is 12.4. The number of hydrogen-bond acceptors (Lipinski definition) is 2. The SMILES string of the molecule is CNC(c1ccc(Cl)c(OC)c1)C1Cc2ccccc2C1. The monoisotopic (exact) mass is 301 g/mol. The predicted molar refractivity (Wildman–Crippen MR) is 87.1 cm³/mol. The molecule has 0 radical (unpaired) electrons. The Balaban J connectivity index is 1.87. The number of benzene rings is 2. The first kappa shape index (κ1) is 14.4. The third kappa shape index (κ3) is 2.78. The molecule has 1 atom stereocenters. The molecule has 110 valence electrons. The number of halogens is 1. The highest BCUT2D eigenvalue weighted by molar-refractivity contribution is 6.32. The predicted octanol–water partition coefficient (Wildman–Crippen LogP) is 4.02. The van der Waals surface area contributed by atoms with Gasteiger partial charge in [0.25, 0.3) is 0 Å². The summed E-state index contributed by atoms with van der Waals surface area (Å²) in [6.45, 7) is 0. The van der Waals surface area contributed by atoms with Crippen molar-refractivity contribution in [1.82, 2.24) is 5.32 Å². The molecule has 3 rings (SSSR count). The van der Waals surface area contributed by atoms with Crippen molar-refractivity contribution in [2.75, 3.05) is 14.2 Å². The van der Waals surface area contributed by atoms with Crippen LogP contribution in [0.2, 0.25) is 5.02 Å². The van der Waals surface area contributed by atoms with Crippen LogP contribution in [-0.2, 0) is 12.8 Å². The lowest BCUT2D eigenvalue weighted by atomic mass is 9.90. The van der Waals surface area contributed by atoms with Gasteiger partial charge < -0.3 is 10.1 Å². The Morgan fingerprint density at radius 3 is 2.38 bits per heavy atom. The minimum atomic E-state index is 0.309. The van der Waals surface area contributed by atoms with E-state index in [9.17, 15) is 0 Å². The van der Waals surface area contributed by atoms with Crippen LogP contribution in [0, 0.1) is 5.92 Å².